The molecule has 3 N–H and O–H groups in total. The Morgan fingerprint density at radius 2 is 1.93 bits per heavy atom. The molecular weight excluding hydrogens is 376 g/mol. The highest BCUT2D eigenvalue weighted by molar-refractivity contribution is 6.23. The van der Waals surface area contributed by atoms with Crippen LogP contribution in [0, 0.1) is 0 Å². The summed E-state index contributed by atoms with van der Waals surface area (Å²) in [6.07, 6.45) is 5.51. The Kier molecular flexibility index (Phi) is 4.71. The number of rotatable bonds is 4. The molecule has 9 heteroatoms. The summed E-state index contributed by atoms with van der Waals surface area (Å²) in [7, 11) is 0. The summed E-state index contributed by atoms with van der Waals surface area (Å²) in [5, 5.41) is 7.87. The number of piperidine rings is 1. The average Bonchev–Trinajstić information content (AvgIpc) is 2.97. The number of dihydropyridines is 1. The highest BCUT2D eigenvalue weighted by atomic mass is 16.2. The molecule has 29 heavy (non-hydrogen) atoms. The molecule has 1 aromatic carbocycles. The SMILES string of the molecule is O=C1CCC(N2C(=O)c3ccc(CNC(=O)C4=CC=CCN4)cc3C2=O)C(=O)N1. The summed E-state index contributed by atoms with van der Waals surface area (Å²) < 4.78 is 0. The number of benzene rings is 1. The second-order valence-corrected chi connectivity index (χ2v) is 6.90. The van der Waals surface area contributed by atoms with Gasteiger partial charge in [0.2, 0.25) is 11.8 Å². The van der Waals surface area contributed by atoms with Gasteiger partial charge in [-0.1, -0.05) is 18.2 Å². The van der Waals surface area contributed by atoms with Gasteiger partial charge in [-0.25, -0.2) is 0 Å². The molecule has 3 heterocycles. The molecule has 0 aliphatic carbocycles. The van der Waals surface area contributed by atoms with Crippen molar-refractivity contribution in [2.75, 3.05) is 6.54 Å². The van der Waals surface area contributed by atoms with E-state index in [9.17, 15) is 24.0 Å². The number of imide groups is 2. The van der Waals surface area contributed by atoms with Crippen LogP contribution in [0.15, 0.2) is 42.1 Å². The largest absolute Gasteiger partial charge is 0.377 e. The van der Waals surface area contributed by atoms with Gasteiger partial charge in [-0.15, -0.1) is 0 Å². The first-order valence-corrected chi connectivity index (χ1v) is 9.19. The number of carbonyl (C=O) groups is 5. The predicted molar refractivity (Wildman–Crippen MR) is 100 cm³/mol. The zero-order valence-electron chi connectivity index (χ0n) is 15.4. The summed E-state index contributed by atoms with van der Waals surface area (Å²) in [4.78, 5) is 62.0. The van der Waals surface area contributed by atoms with Crippen molar-refractivity contribution in [2.45, 2.75) is 25.4 Å². The summed E-state index contributed by atoms with van der Waals surface area (Å²) >= 11 is 0. The monoisotopic (exact) mass is 394 g/mol. The van der Waals surface area contributed by atoms with E-state index in [4.69, 9.17) is 0 Å². The summed E-state index contributed by atoms with van der Waals surface area (Å²) in [5.74, 6) is -2.47. The van der Waals surface area contributed by atoms with Gasteiger partial charge in [0.1, 0.15) is 11.7 Å². The lowest BCUT2D eigenvalue weighted by molar-refractivity contribution is -0.136. The van der Waals surface area contributed by atoms with E-state index in [0.717, 1.165) is 4.90 Å². The van der Waals surface area contributed by atoms with Crippen molar-refractivity contribution in [3.05, 3.63) is 58.8 Å². The van der Waals surface area contributed by atoms with E-state index < -0.39 is 29.7 Å². The molecule has 9 nitrogen and oxygen atoms in total. The molecule has 1 atom stereocenters. The number of amides is 5. The third-order valence-corrected chi connectivity index (χ3v) is 5.01. The maximum Gasteiger partial charge on any atom is 0.267 e. The number of fused-ring (bicyclic) bond motifs is 1. The minimum Gasteiger partial charge on any atom is -0.377 e. The van der Waals surface area contributed by atoms with E-state index in [1.807, 2.05) is 6.08 Å². The Balaban J connectivity index is 1.49. The second kappa shape index (κ2) is 7.34. The van der Waals surface area contributed by atoms with Crippen LogP contribution in [0.1, 0.15) is 39.1 Å². The van der Waals surface area contributed by atoms with Crippen molar-refractivity contribution in [3.63, 3.8) is 0 Å². The van der Waals surface area contributed by atoms with Crippen LogP contribution < -0.4 is 16.0 Å². The fraction of sp³-hybridized carbons (Fsp3) is 0.250. The van der Waals surface area contributed by atoms with E-state index >= 15 is 0 Å². The van der Waals surface area contributed by atoms with Gasteiger partial charge < -0.3 is 10.6 Å². The topological polar surface area (TPSA) is 125 Å². The lowest BCUT2D eigenvalue weighted by atomic mass is 10.0. The van der Waals surface area contributed by atoms with Gasteiger partial charge in [-0.3, -0.25) is 34.2 Å². The van der Waals surface area contributed by atoms with E-state index in [1.54, 1.807) is 24.3 Å². The number of nitrogens with one attached hydrogen (secondary N) is 3. The first-order valence-electron chi connectivity index (χ1n) is 9.19. The number of allylic oxidation sites excluding steroid dienone is 2. The molecule has 1 fully saturated rings. The number of hydrogen-bond acceptors (Lipinski definition) is 6. The standard InChI is InChI=1S/C20H18N4O5/c25-16-7-6-15(18(27)23-16)24-19(28)12-5-4-11(9-13(12)20(24)29)10-22-17(26)14-3-1-2-8-21-14/h1-5,9,15,21H,6-8,10H2,(H,22,26)(H,23,25,27). The fourth-order valence-corrected chi connectivity index (χ4v) is 3.52. The van der Waals surface area contributed by atoms with Gasteiger partial charge in [0.15, 0.2) is 0 Å². The van der Waals surface area contributed by atoms with E-state index in [-0.39, 0.29) is 36.4 Å². The minimum absolute atomic E-state index is 0.0696. The highest BCUT2D eigenvalue weighted by Gasteiger charge is 2.44. The Morgan fingerprint density at radius 1 is 1.14 bits per heavy atom. The molecule has 1 saturated heterocycles. The van der Waals surface area contributed by atoms with Gasteiger partial charge in [-0.05, 0) is 30.2 Å². The van der Waals surface area contributed by atoms with Crippen molar-refractivity contribution in [3.8, 4) is 0 Å². The Labute approximate surface area is 165 Å². The van der Waals surface area contributed by atoms with Crippen LogP contribution in [0.5, 0.6) is 0 Å². The van der Waals surface area contributed by atoms with E-state index in [1.165, 1.54) is 6.07 Å². The molecule has 1 unspecified atom stereocenters. The van der Waals surface area contributed by atoms with E-state index in [2.05, 4.69) is 16.0 Å². The van der Waals surface area contributed by atoms with Crippen molar-refractivity contribution in [2.24, 2.45) is 0 Å². The Hall–Kier alpha value is -3.75. The van der Waals surface area contributed by atoms with Crippen LogP contribution in [0.4, 0.5) is 0 Å². The lowest BCUT2D eigenvalue weighted by Gasteiger charge is -2.27. The van der Waals surface area contributed by atoms with Gasteiger partial charge in [0.25, 0.3) is 17.7 Å². The first-order chi connectivity index (χ1) is 14.0. The van der Waals surface area contributed by atoms with Crippen LogP contribution in [0.25, 0.3) is 0 Å². The van der Waals surface area contributed by atoms with Crippen LogP contribution in [-0.2, 0) is 20.9 Å². The molecule has 0 aromatic heterocycles. The van der Waals surface area contributed by atoms with Gasteiger partial charge in [0, 0.05) is 19.5 Å². The quantitative estimate of drug-likeness (QED) is 0.605. The predicted octanol–water partition coefficient (Wildman–Crippen LogP) is -0.253. The van der Waals surface area contributed by atoms with Crippen molar-refractivity contribution in [1.29, 1.82) is 0 Å². The number of carbonyl (C=O) groups excluding carboxylic acids is 5. The van der Waals surface area contributed by atoms with Crippen molar-refractivity contribution < 1.29 is 24.0 Å². The van der Waals surface area contributed by atoms with Crippen LogP contribution in [-0.4, -0.2) is 47.0 Å². The minimum atomic E-state index is -0.999. The maximum absolute atomic E-state index is 12.8. The molecular formula is C20H18N4O5. The molecule has 0 bridgehead atoms. The van der Waals surface area contributed by atoms with Crippen LogP contribution in [0.2, 0.25) is 0 Å². The molecule has 3 aliphatic rings. The number of nitrogens with zero attached hydrogens (tertiary/aromatic N) is 1. The lowest BCUT2D eigenvalue weighted by Crippen LogP contribution is -2.54. The molecule has 0 radical (unpaired) electrons. The number of hydrogen-bond donors (Lipinski definition) is 3. The fourth-order valence-electron chi connectivity index (χ4n) is 3.52. The van der Waals surface area contributed by atoms with Gasteiger partial charge >= 0.3 is 0 Å². The summed E-state index contributed by atoms with van der Waals surface area (Å²) in [5.41, 5.74) is 1.49. The van der Waals surface area contributed by atoms with Gasteiger partial charge in [0.05, 0.1) is 11.1 Å². The normalized spacial score (nSPS) is 20.8. The van der Waals surface area contributed by atoms with Gasteiger partial charge in [-0.2, -0.15) is 0 Å². The van der Waals surface area contributed by atoms with Crippen molar-refractivity contribution >= 4 is 29.5 Å². The third-order valence-electron chi connectivity index (χ3n) is 5.01. The first kappa shape index (κ1) is 18.6. The zero-order valence-corrected chi connectivity index (χ0v) is 15.4. The molecule has 0 saturated carbocycles. The van der Waals surface area contributed by atoms with E-state index in [0.29, 0.717) is 17.8 Å². The van der Waals surface area contributed by atoms with Crippen molar-refractivity contribution in [1.82, 2.24) is 20.9 Å². The highest BCUT2D eigenvalue weighted by Crippen LogP contribution is 2.28. The Bertz CT molecular complexity index is 1010. The average molecular weight is 394 g/mol. The maximum atomic E-state index is 12.8. The smallest absolute Gasteiger partial charge is 0.267 e. The molecule has 1 aromatic rings. The molecule has 4 rings (SSSR count). The molecule has 148 valence electrons. The second-order valence-electron chi connectivity index (χ2n) is 6.90. The third kappa shape index (κ3) is 3.42. The molecule has 0 spiro atoms. The molecule has 3 aliphatic heterocycles. The summed E-state index contributed by atoms with van der Waals surface area (Å²) in [6, 6.07) is 3.72. The molecule has 5 amide bonds. The van der Waals surface area contributed by atoms with Crippen LogP contribution >= 0.6 is 0 Å². The van der Waals surface area contributed by atoms with Crippen LogP contribution in [0.3, 0.4) is 0 Å². The zero-order chi connectivity index (χ0) is 20.5. The Morgan fingerprint density at radius 3 is 2.66 bits per heavy atom. The summed E-state index contributed by atoms with van der Waals surface area (Å²) in [6.45, 7) is 0.750.